The summed E-state index contributed by atoms with van der Waals surface area (Å²) < 4.78 is 0. The third-order valence-corrected chi connectivity index (χ3v) is 9.07. The van der Waals surface area contributed by atoms with Crippen molar-refractivity contribution in [2.24, 2.45) is 11.5 Å². The summed E-state index contributed by atoms with van der Waals surface area (Å²) in [6.07, 6.45) is 0. The Morgan fingerprint density at radius 1 is 0.510 bits per heavy atom. The Kier molecular flexibility index (Phi) is 10.2. The summed E-state index contributed by atoms with van der Waals surface area (Å²) in [7, 11) is 0. The zero-order valence-electron chi connectivity index (χ0n) is 27.8. The fraction of sp³-hybridized carbons (Fsp3) is 0.0652. The average molecular weight is 636 g/mol. The standard InChI is InChI=1S/C26H20.C13H13N.C7H8N2/c1-19-11-10-18-24-25(19)22-16-8-9-17-23(22)26(24,20-12-4-2-5-13-20)21-14-6-3-7-15-21;14-10-11-6-8-13(9-7-11)12-4-2-1-3-5-12;8-7(9)6-4-2-1-3-5-6/h2-18H,1H3;1-9H,10,14H2;1-5H,(H3,8,9). The summed E-state index contributed by atoms with van der Waals surface area (Å²) in [6, 6.07) is 65.4. The molecule has 0 fully saturated rings. The number of nitrogen functional groups attached to an aromatic ring is 1. The minimum absolute atomic E-state index is 0.121. The van der Waals surface area contributed by atoms with E-state index in [1.807, 2.05) is 48.5 Å². The van der Waals surface area contributed by atoms with E-state index in [1.165, 1.54) is 55.6 Å². The zero-order valence-corrected chi connectivity index (χ0v) is 27.8. The Balaban J connectivity index is 0.000000151. The first-order chi connectivity index (χ1) is 24.0. The van der Waals surface area contributed by atoms with Crippen molar-refractivity contribution in [1.82, 2.24) is 0 Å². The number of nitrogens with one attached hydrogen (secondary N) is 1. The Bertz CT molecular complexity index is 2070. The van der Waals surface area contributed by atoms with Gasteiger partial charge in [-0.05, 0) is 62.6 Å². The first kappa shape index (κ1) is 32.9. The molecule has 1 aliphatic carbocycles. The van der Waals surface area contributed by atoms with Crippen LogP contribution in [0, 0.1) is 12.3 Å². The van der Waals surface area contributed by atoms with Crippen LogP contribution in [-0.4, -0.2) is 5.84 Å². The minimum atomic E-state index is -0.263. The Morgan fingerprint density at radius 3 is 1.51 bits per heavy atom. The molecule has 0 bridgehead atoms. The highest BCUT2D eigenvalue weighted by Gasteiger charge is 2.46. The number of benzene rings is 7. The molecule has 0 amide bonds. The first-order valence-electron chi connectivity index (χ1n) is 16.6. The maximum Gasteiger partial charge on any atom is 0.122 e. The third-order valence-electron chi connectivity index (χ3n) is 9.07. The van der Waals surface area contributed by atoms with Crippen LogP contribution in [0.2, 0.25) is 0 Å². The van der Waals surface area contributed by atoms with E-state index in [-0.39, 0.29) is 11.3 Å². The number of hydrogen-bond donors (Lipinski definition) is 3. The van der Waals surface area contributed by atoms with E-state index >= 15 is 0 Å². The smallest absolute Gasteiger partial charge is 0.122 e. The highest BCUT2D eigenvalue weighted by Crippen LogP contribution is 2.56. The average Bonchev–Trinajstić information content (AvgIpc) is 3.49. The van der Waals surface area contributed by atoms with Gasteiger partial charge in [0, 0.05) is 12.1 Å². The van der Waals surface area contributed by atoms with Crippen molar-refractivity contribution in [3.8, 4) is 22.3 Å². The van der Waals surface area contributed by atoms with Crippen LogP contribution in [0.3, 0.4) is 0 Å². The van der Waals surface area contributed by atoms with Gasteiger partial charge in [-0.2, -0.15) is 0 Å². The van der Waals surface area contributed by atoms with Crippen molar-refractivity contribution < 1.29 is 0 Å². The number of nitrogens with two attached hydrogens (primary N) is 2. The van der Waals surface area contributed by atoms with E-state index in [1.54, 1.807) is 0 Å². The molecule has 0 saturated heterocycles. The van der Waals surface area contributed by atoms with Crippen LogP contribution in [0.5, 0.6) is 0 Å². The molecule has 49 heavy (non-hydrogen) atoms. The molecule has 0 aromatic heterocycles. The minimum Gasteiger partial charge on any atom is -0.384 e. The van der Waals surface area contributed by atoms with Gasteiger partial charge in [-0.1, -0.05) is 188 Å². The summed E-state index contributed by atoms with van der Waals surface area (Å²) in [5, 5.41) is 7.01. The highest BCUT2D eigenvalue weighted by molar-refractivity contribution is 5.94. The van der Waals surface area contributed by atoms with Crippen LogP contribution < -0.4 is 11.5 Å². The molecular formula is C46H41N3. The quantitative estimate of drug-likeness (QED) is 0.130. The monoisotopic (exact) mass is 635 g/mol. The lowest BCUT2D eigenvalue weighted by molar-refractivity contribution is 0.768. The van der Waals surface area contributed by atoms with E-state index < -0.39 is 0 Å². The molecule has 7 aromatic rings. The molecule has 5 N–H and O–H groups in total. The largest absolute Gasteiger partial charge is 0.384 e. The molecule has 3 heteroatoms. The van der Waals surface area contributed by atoms with Gasteiger partial charge in [-0.25, -0.2) is 0 Å². The number of fused-ring (bicyclic) bond motifs is 3. The first-order valence-corrected chi connectivity index (χ1v) is 16.6. The summed E-state index contributed by atoms with van der Waals surface area (Å²) in [5.74, 6) is 0.121. The van der Waals surface area contributed by atoms with E-state index in [0.717, 1.165) is 5.56 Å². The van der Waals surface area contributed by atoms with Crippen LogP contribution in [0.25, 0.3) is 22.3 Å². The van der Waals surface area contributed by atoms with Gasteiger partial charge in [-0.3, -0.25) is 5.41 Å². The molecule has 0 aliphatic heterocycles. The molecule has 240 valence electrons. The normalized spacial score (nSPS) is 11.9. The predicted molar refractivity (Wildman–Crippen MR) is 206 cm³/mol. The molecule has 0 spiro atoms. The highest BCUT2D eigenvalue weighted by atomic mass is 14.7. The fourth-order valence-corrected chi connectivity index (χ4v) is 6.76. The van der Waals surface area contributed by atoms with Gasteiger partial charge in [0.2, 0.25) is 0 Å². The number of amidine groups is 1. The van der Waals surface area contributed by atoms with Crippen molar-refractivity contribution in [3.05, 3.63) is 227 Å². The maximum absolute atomic E-state index is 7.01. The second-order valence-corrected chi connectivity index (χ2v) is 12.1. The molecule has 0 radical (unpaired) electrons. The Morgan fingerprint density at radius 2 is 0.980 bits per heavy atom. The molecule has 0 heterocycles. The van der Waals surface area contributed by atoms with E-state index in [0.29, 0.717) is 6.54 Å². The van der Waals surface area contributed by atoms with Gasteiger partial charge in [-0.15, -0.1) is 0 Å². The third kappa shape index (κ3) is 6.85. The number of hydrogen-bond acceptors (Lipinski definition) is 2. The topological polar surface area (TPSA) is 75.9 Å². The zero-order chi connectivity index (χ0) is 34.1. The SMILES string of the molecule is Cc1cccc2c1-c1ccccc1C2(c1ccccc1)c1ccccc1.N=C(N)c1ccccc1.NCc1ccc(-c2ccccc2)cc1. The number of aryl methyl sites for hydroxylation is 1. The summed E-state index contributed by atoms with van der Waals surface area (Å²) in [4.78, 5) is 0. The van der Waals surface area contributed by atoms with E-state index in [9.17, 15) is 0 Å². The van der Waals surface area contributed by atoms with Crippen LogP contribution >= 0.6 is 0 Å². The second kappa shape index (κ2) is 15.2. The van der Waals surface area contributed by atoms with Crippen LogP contribution in [0.1, 0.15) is 38.9 Å². The molecule has 3 nitrogen and oxygen atoms in total. The van der Waals surface area contributed by atoms with Crippen molar-refractivity contribution in [3.63, 3.8) is 0 Å². The van der Waals surface area contributed by atoms with Gasteiger partial charge in [0.1, 0.15) is 5.84 Å². The van der Waals surface area contributed by atoms with Crippen molar-refractivity contribution in [2.75, 3.05) is 0 Å². The van der Waals surface area contributed by atoms with Crippen LogP contribution in [0.15, 0.2) is 188 Å². The molecule has 0 atom stereocenters. The van der Waals surface area contributed by atoms with Crippen molar-refractivity contribution in [1.29, 1.82) is 5.41 Å². The van der Waals surface area contributed by atoms with Crippen LogP contribution in [0.4, 0.5) is 0 Å². The van der Waals surface area contributed by atoms with Gasteiger partial charge < -0.3 is 11.5 Å². The lowest BCUT2D eigenvalue weighted by atomic mass is 9.67. The molecule has 0 saturated carbocycles. The van der Waals surface area contributed by atoms with E-state index in [2.05, 4.69) is 146 Å². The number of rotatable bonds is 5. The fourth-order valence-electron chi connectivity index (χ4n) is 6.76. The lowest BCUT2D eigenvalue weighted by Crippen LogP contribution is -2.28. The van der Waals surface area contributed by atoms with Gasteiger partial charge >= 0.3 is 0 Å². The molecule has 7 aromatic carbocycles. The van der Waals surface area contributed by atoms with Gasteiger partial charge in [0.25, 0.3) is 0 Å². The summed E-state index contributed by atoms with van der Waals surface area (Å²) in [5.41, 5.74) is 24.4. The van der Waals surface area contributed by atoms with Gasteiger partial charge in [0.05, 0.1) is 5.41 Å². The second-order valence-electron chi connectivity index (χ2n) is 12.1. The predicted octanol–water partition coefficient (Wildman–Crippen LogP) is 10.1. The molecule has 0 unspecified atom stereocenters. The Hall–Kier alpha value is -6.03. The van der Waals surface area contributed by atoms with E-state index in [4.69, 9.17) is 16.9 Å². The van der Waals surface area contributed by atoms with Crippen molar-refractivity contribution in [2.45, 2.75) is 18.9 Å². The lowest BCUT2D eigenvalue weighted by Gasteiger charge is -2.33. The maximum atomic E-state index is 7.01. The molecule has 8 rings (SSSR count). The molecule has 1 aliphatic rings. The summed E-state index contributed by atoms with van der Waals surface area (Å²) in [6.45, 7) is 2.83. The Labute approximate surface area is 290 Å². The molecular weight excluding hydrogens is 595 g/mol. The van der Waals surface area contributed by atoms with Gasteiger partial charge in [0.15, 0.2) is 0 Å². The summed E-state index contributed by atoms with van der Waals surface area (Å²) >= 11 is 0. The van der Waals surface area contributed by atoms with Crippen LogP contribution in [-0.2, 0) is 12.0 Å². The van der Waals surface area contributed by atoms with Crippen molar-refractivity contribution >= 4 is 5.84 Å².